The number of carboxylic acids is 1. The fraction of sp³-hybridized carbons (Fsp3) is 0.476. The molecule has 3 unspecified atom stereocenters. The Labute approximate surface area is 168 Å². The molecule has 0 saturated carbocycles. The van der Waals surface area contributed by atoms with Crippen LogP contribution in [0.5, 0.6) is 0 Å². The van der Waals surface area contributed by atoms with E-state index in [1.165, 1.54) is 4.90 Å². The number of likely N-dealkylation sites (tertiary alicyclic amines) is 2. The minimum atomic E-state index is -0.984. The van der Waals surface area contributed by atoms with Crippen LogP contribution in [-0.4, -0.2) is 68.9 Å². The maximum absolute atomic E-state index is 13.1. The molecule has 29 heavy (non-hydrogen) atoms. The van der Waals surface area contributed by atoms with Crippen molar-refractivity contribution in [2.75, 3.05) is 13.1 Å². The largest absolute Gasteiger partial charge is 0.480 e. The van der Waals surface area contributed by atoms with Crippen LogP contribution in [0.3, 0.4) is 0 Å². The van der Waals surface area contributed by atoms with Gasteiger partial charge in [0.05, 0.1) is 6.04 Å². The van der Waals surface area contributed by atoms with Crippen molar-refractivity contribution in [3.05, 3.63) is 36.0 Å². The number of carbonyl (C=O) groups excluding carboxylic acids is 2. The first-order valence-electron chi connectivity index (χ1n) is 10.1. The summed E-state index contributed by atoms with van der Waals surface area (Å²) in [5, 5.41) is 10.4. The van der Waals surface area contributed by atoms with Crippen LogP contribution < -0.4 is 5.73 Å². The molecule has 0 radical (unpaired) electrons. The van der Waals surface area contributed by atoms with Crippen molar-refractivity contribution in [3.63, 3.8) is 0 Å². The lowest BCUT2D eigenvalue weighted by molar-refractivity contribution is -0.152. The van der Waals surface area contributed by atoms with E-state index in [1.54, 1.807) is 4.90 Å². The highest BCUT2D eigenvalue weighted by atomic mass is 16.4. The van der Waals surface area contributed by atoms with Crippen LogP contribution in [0.15, 0.2) is 30.5 Å². The number of aromatic nitrogens is 1. The fourth-order valence-electron chi connectivity index (χ4n) is 4.60. The highest BCUT2D eigenvalue weighted by Gasteiger charge is 2.42. The van der Waals surface area contributed by atoms with Gasteiger partial charge in [-0.3, -0.25) is 9.59 Å². The number of nitrogens with one attached hydrogen (secondary N) is 1. The van der Waals surface area contributed by atoms with Crippen molar-refractivity contribution in [2.45, 2.75) is 50.2 Å². The van der Waals surface area contributed by atoms with E-state index in [2.05, 4.69) is 4.98 Å². The third-order valence-electron chi connectivity index (χ3n) is 6.07. The van der Waals surface area contributed by atoms with Crippen LogP contribution in [0.4, 0.5) is 0 Å². The summed E-state index contributed by atoms with van der Waals surface area (Å²) in [6, 6.07) is 5.68. The van der Waals surface area contributed by atoms with Gasteiger partial charge >= 0.3 is 5.97 Å². The number of nitrogens with zero attached hydrogens (tertiary/aromatic N) is 2. The Morgan fingerprint density at radius 2 is 1.79 bits per heavy atom. The topological polar surface area (TPSA) is 120 Å². The number of para-hydroxylation sites is 1. The van der Waals surface area contributed by atoms with Gasteiger partial charge in [0.15, 0.2) is 0 Å². The zero-order chi connectivity index (χ0) is 20.5. The molecule has 0 aliphatic carbocycles. The summed E-state index contributed by atoms with van der Waals surface area (Å²) in [6.07, 6.45) is 4.64. The maximum Gasteiger partial charge on any atom is 0.326 e. The minimum absolute atomic E-state index is 0.253. The molecule has 8 nitrogen and oxygen atoms in total. The maximum atomic E-state index is 13.1. The van der Waals surface area contributed by atoms with E-state index < -0.39 is 24.1 Å². The Morgan fingerprint density at radius 3 is 2.55 bits per heavy atom. The van der Waals surface area contributed by atoms with E-state index >= 15 is 0 Å². The van der Waals surface area contributed by atoms with Gasteiger partial charge in [0.1, 0.15) is 12.1 Å². The number of aliphatic carboxylic acids is 1. The number of fused-ring (bicyclic) bond motifs is 1. The predicted molar refractivity (Wildman–Crippen MR) is 107 cm³/mol. The first kappa shape index (κ1) is 19.4. The highest BCUT2D eigenvalue weighted by Crippen LogP contribution is 2.26. The van der Waals surface area contributed by atoms with Gasteiger partial charge in [0.25, 0.3) is 0 Å². The lowest BCUT2D eigenvalue weighted by Crippen LogP contribution is -2.54. The quantitative estimate of drug-likeness (QED) is 0.697. The molecule has 8 heteroatoms. The van der Waals surface area contributed by atoms with E-state index in [9.17, 15) is 19.5 Å². The molecular formula is C21H26N4O4. The number of hydrogen-bond acceptors (Lipinski definition) is 4. The summed E-state index contributed by atoms with van der Waals surface area (Å²) in [5.74, 6) is -1.50. The Balaban J connectivity index is 1.47. The summed E-state index contributed by atoms with van der Waals surface area (Å²) in [5.41, 5.74) is 8.20. The zero-order valence-corrected chi connectivity index (χ0v) is 16.2. The third kappa shape index (κ3) is 3.60. The highest BCUT2D eigenvalue weighted by molar-refractivity contribution is 5.93. The standard InChI is InChI=1S/C21H26N4O4/c22-15(11-13-12-23-16-6-2-1-5-14(13)16)19(26)24-9-3-7-17(24)20(27)25-10-4-8-18(25)21(28)29/h1-2,5-6,12,15,17-18,23H,3-4,7-11,22H2,(H,28,29). The molecule has 0 bridgehead atoms. The number of aromatic amines is 1. The van der Waals surface area contributed by atoms with Gasteiger partial charge in [-0.2, -0.15) is 0 Å². The first-order valence-corrected chi connectivity index (χ1v) is 10.1. The molecule has 154 valence electrons. The molecule has 1 aromatic carbocycles. The molecule has 4 rings (SSSR count). The Morgan fingerprint density at radius 1 is 1.10 bits per heavy atom. The normalized spacial score (nSPS) is 22.9. The molecule has 2 aliphatic rings. The number of benzene rings is 1. The second kappa shape index (κ2) is 7.87. The summed E-state index contributed by atoms with van der Waals surface area (Å²) in [7, 11) is 0. The van der Waals surface area contributed by atoms with E-state index in [0.29, 0.717) is 45.2 Å². The van der Waals surface area contributed by atoms with Gasteiger partial charge in [0.2, 0.25) is 11.8 Å². The lowest BCUT2D eigenvalue weighted by atomic mass is 10.0. The second-order valence-electron chi connectivity index (χ2n) is 7.89. The van der Waals surface area contributed by atoms with Gasteiger partial charge in [0, 0.05) is 30.2 Å². The number of hydrogen-bond donors (Lipinski definition) is 3. The molecule has 3 heterocycles. The zero-order valence-electron chi connectivity index (χ0n) is 16.2. The van der Waals surface area contributed by atoms with Crippen LogP contribution in [-0.2, 0) is 20.8 Å². The molecule has 2 aromatic rings. The third-order valence-corrected chi connectivity index (χ3v) is 6.07. The van der Waals surface area contributed by atoms with Crippen LogP contribution in [0, 0.1) is 0 Å². The minimum Gasteiger partial charge on any atom is -0.480 e. The molecule has 2 aliphatic heterocycles. The Kier molecular flexibility index (Phi) is 5.27. The molecule has 4 N–H and O–H groups in total. The molecule has 2 saturated heterocycles. The molecule has 2 fully saturated rings. The number of nitrogens with two attached hydrogens (primary N) is 1. The smallest absolute Gasteiger partial charge is 0.326 e. The summed E-state index contributed by atoms with van der Waals surface area (Å²) < 4.78 is 0. The van der Waals surface area contributed by atoms with E-state index in [1.807, 2.05) is 30.5 Å². The second-order valence-corrected chi connectivity index (χ2v) is 7.89. The van der Waals surface area contributed by atoms with Crippen molar-refractivity contribution in [3.8, 4) is 0 Å². The molecular weight excluding hydrogens is 372 g/mol. The van der Waals surface area contributed by atoms with E-state index in [-0.39, 0.29) is 11.8 Å². The van der Waals surface area contributed by atoms with Gasteiger partial charge < -0.3 is 25.6 Å². The van der Waals surface area contributed by atoms with Crippen LogP contribution in [0.2, 0.25) is 0 Å². The Bertz CT molecular complexity index is 940. The number of rotatable bonds is 5. The van der Waals surface area contributed by atoms with Crippen molar-refractivity contribution >= 4 is 28.7 Å². The number of H-pyrrole nitrogens is 1. The van der Waals surface area contributed by atoms with E-state index in [0.717, 1.165) is 16.5 Å². The van der Waals surface area contributed by atoms with Gasteiger partial charge in [-0.25, -0.2) is 4.79 Å². The van der Waals surface area contributed by atoms with Crippen molar-refractivity contribution in [1.29, 1.82) is 0 Å². The monoisotopic (exact) mass is 398 g/mol. The average molecular weight is 398 g/mol. The first-order chi connectivity index (χ1) is 14.0. The predicted octanol–water partition coefficient (Wildman–Crippen LogP) is 1.10. The summed E-state index contributed by atoms with van der Waals surface area (Å²) >= 11 is 0. The molecule has 0 spiro atoms. The Hall–Kier alpha value is -2.87. The van der Waals surface area contributed by atoms with Crippen LogP contribution >= 0.6 is 0 Å². The summed E-state index contributed by atoms with van der Waals surface area (Å²) in [4.78, 5) is 43.7. The van der Waals surface area contributed by atoms with Crippen molar-refractivity contribution < 1.29 is 19.5 Å². The average Bonchev–Trinajstić information content (AvgIpc) is 3.46. The van der Waals surface area contributed by atoms with Gasteiger partial charge in [-0.1, -0.05) is 18.2 Å². The van der Waals surface area contributed by atoms with Gasteiger partial charge in [-0.05, 0) is 43.7 Å². The number of carboxylic acid groups (broad SMARTS) is 1. The van der Waals surface area contributed by atoms with E-state index in [4.69, 9.17) is 5.73 Å². The molecule has 2 amide bonds. The van der Waals surface area contributed by atoms with Crippen molar-refractivity contribution in [1.82, 2.24) is 14.8 Å². The van der Waals surface area contributed by atoms with Crippen LogP contribution in [0.1, 0.15) is 31.2 Å². The SMILES string of the molecule is NC(Cc1c[nH]c2ccccc12)C(=O)N1CCCC1C(=O)N1CCCC1C(=O)O. The van der Waals surface area contributed by atoms with Crippen molar-refractivity contribution in [2.24, 2.45) is 5.73 Å². The molecule has 3 atom stereocenters. The van der Waals surface area contributed by atoms with Crippen LogP contribution in [0.25, 0.3) is 10.9 Å². The number of carbonyl (C=O) groups is 3. The lowest BCUT2D eigenvalue weighted by Gasteiger charge is -2.31. The fourth-order valence-corrected chi connectivity index (χ4v) is 4.60. The number of amides is 2. The summed E-state index contributed by atoms with van der Waals surface area (Å²) in [6.45, 7) is 0.901. The van der Waals surface area contributed by atoms with Gasteiger partial charge in [-0.15, -0.1) is 0 Å². The molecule has 1 aromatic heterocycles.